The quantitative estimate of drug-likeness (QED) is 0.877. The van der Waals surface area contributed by atoms with Crippen LogP contribution in [0.3, 0.4) is 0 Å². The highest BCUT2D eigenvalue weighted by Gasteiger charge is 2.03. The minimum atomic E-state index is 0.787. The van der Waals surface area contributed by atoms with Crippen molar-refractivity contribution >= 4 is 0 Å². The zero-order chi connectivity index (χ0) is 13.0. The summed E-state index contributed by atoms with van der Waals surface area (Å²) >= 11 is 0. The summed E-state index contributed by atoms with van der Waals surface area (Å²) < 4.78 is 2.03. The van der Waals surface area contributed by atoms with Crippen LogP contribution in [0.15, 0.2) is 24.3 Å². The van der Waals surface area contributed by atoms with Crippen molar-refractivity contribution in [2.24, 2.45) is 0 Å². The van der Waals surface area contributed by atoms with Gasteiger partial charge in [0.2, 0.25) is 0 Å². The molecule has 96 valence electrons. The molecule has 4 nitrogen and oxygen atoms in total. The van der Waals surface area contributed by atoms with Gasteiger partial charge in [-0.2, -0.15) is 5.10 Å². The normalized spacial score (nSPS) is 10.8. The Morgan fingerprint density at radius 2 is 2.00 bits per heavy atom. The number of rotatable bonds is 5. The Bertz CT molecular complexity index is 516. The van der Waals surface area contributed by atoms with Crippen molar-refractivity contribution in [3.63, 3.8) is 0 Å². The molecule has 0 aliphatic carbocycles. The van der Waals surface area contributed by atoms with Gasteiger partial charge in [-0.15, -0.1) is 0 Å². The Morgan fingerprint density at radius 1 is 1.17 bits per heavy atom. The van der Waals surface area contributed by atoms with Crippen LogP contribution < -0.4 is 5.32 Å². The maximum absolute atomic E-state index is 4.47. The third kappa shape index (κ3) is 3.17. The van der Waals surface area contributed by atoms with Gasteiger partial charge < -0.3 is 5.32 Å². The van der Waals surface area contributed by atoms with Crippen molar-refractivity contribution in [3.8, 4) is 0 Å². The first kappa shape index (κ1) is 12.8. The van der Waals surface area contributed by atoms with Crippen molar-refractivity contribution < 1.29 is 0 Å². The molecule has 0 aliphatic heterocycles. The zero-order valence-corrected chi connectivity index (χ0v) is 11.3. The topological polar surface area (TPSA) is 42.7 Å². The maximum Gasteiger partial charge on any atom is 0.0597 e. The molecule has 0 unspecified atom stereocenters. The fourth-order valence-corrected chi connectivity index (χ4v) is 2.03. The minimum absolute atomic E-state index is 0.787. The molecule has 0 spiro atoms. The van der Waals surface area contributed by atoms with E-state index >= 15 is 0 Å². The number of hydrogen-bond donors (Lipinski definition) is 1. The van der Waals surface area contributed by atoms with Gasteiger partial charge >= 0.3 is 0 Å². The average molecular weight is 244 g/mol. The van der Waals surface area contributed by atoms with Crippen LogP contribution in [0, 0.1) is 13.8 Å². The van der Waals surface area contributed by atoms with Gasteiger partial charge in [0.15, 0.2) is 0 Å². The molecule has 2 aromatic heterocycles. The molecule has 2 aromatic rings. The Kier molecular flexibility index (Phi) is 4.10. The van der Waals surface area contributed by atoms with Crippen LogP contribution in [0.5, 0.6) is 0 Å². The van der Waals surface area contributed by atoms with Gasteiger partial charge in [-0.05, 0) is 39.0 Å². The molecule has 1 N–H and O–H groups in total. The van der Waals surface area contributed by atoms with E-state index in [0.717, 1.165) is 36.7 Å². The van der Waals surface area contributed by atoms with E-state index in [4.69, 9.17) is 0 Å². The molecule has 0 aromatic carbocycles. The van der Waals surface area contributed by atoms with Gasteiger partial charge in [-0.25, -0.2) is 0 Å². The Balaban J connectivity index is 1.92. The van der Waals surface area contributed by atoms with E-state index in [-0.39, 0.29) is 0 Å². The SMILES string of the molecule is CCn1nc(C)cc1CNCc1cccc(C)n1. The van der Waals surface area contributed by atoms with Crippen LogP contribution in [-0.2, 0) is 19.6 Å². The number of hydrogen-bond acceptors (Lipinski definition) is 3. The fourth-order valence-electron chi connectivity index (χ4n) is 2.03. The number of aryl methyl sites for hydroxylation is 3. The van der Waals surface area contributed by atoms with Gasteiger partial charge in [-0.3, -0.25) is 9.67 Å². The minimum Gasteiger partial charge on any atom is -0.306 e. The van der Waals surface area contributed by atoms with E-state index in [1.165, 1.54) is 5.69 Å². The molecule has 0 bridgehead atoms. The lowest BCUT2D eigenvalue weighted by molar-refractivity contribution is 0.576. The molecule has 0 saturated carbocycles. The highest BCUT2D eigenvalue weighted by molar-refractivity contribution is 5.11. The summed E-state index contributed by atoms with van der Waals surface area (Å²) in [4.78, 5) is 4.47. The predicted molar refractivity (Wildman–Crippen MR) is 72.2 cm³/mol. The first-order valence-electron chi connectivity index (χ1n) is 6.35. The third-order valence-corrected chi connectivity index (χ3v) is 2.84. The molecule has 0 radical (unpaired) electrons. The van der Waals surface area contributed by atoms with Gasteiger partial charge in [0.25, 0.3) is 0 Å². The van der Waals surface area contributed by atoms with Crippen LogP contribution in [0.25, 0.3) is 0 Å². The second kappa shape index (κ2) is 5.78. The Hall–Kier alpha value is -1.68. The molecule has 4 heteroatoms. The second-order valence-corrected chi connectivity index (χ2v) is 4.47. The van der Waals surface area contributed by atoms with E-state index in [9.17, 15) is 0 Å². The molecule has 2 heterocycles. The lowest BCUT2D eigenvalue weighted by atomic mass is 10.3. The lowest BCUT2D eigenvalue weighted by Crippen LogP contribution is -2.16. The van der Waals surface area contributed by atoms with E-state index in [1.807, 2.05) is 36.7 Å². The number of aromatic nitrogens is 3. The predicted octanol–water partition coefficient (Wildman–Crippen LogP) is 2.20. The average Bonchev–Trinajstić information content (AvgIpc) is 2.70. The van der Waals surface area contributed by atoms with Crippen molar-refractivity contribution in [1.82, 2.24) is 20.1 Å². The first-order chi connectivity index (χ1) is 8.69. The molecular formula is C14H20N4. The summed E-state index contributed by atoms with van der Waals surface area (Å²) in [6.07, 6.45) is 0. The maximum atomic E-state index is 4.47. The van der Waals surface area contributed by atoms with Crippen LogP contribution >= 0.6 is 0 Å². The lowest BCUT2D eigenvalue weighted by Gasteiger charge is -2.06. The molecule has 0 atom stereocenters. The monoisotopic (exact) mass is 244 g/mol. The van der Waals surface area contributed by atoms with Crippen LogP contribution in [-0.4, -0.2) is 14.8 Å². The molecule has 0 amide bonds. The standard InChI is InChI=1S/C14H20N4/c1-4-18-14(8-12(3)17-18)10-15-9-13-7-5-6-11(2)16-13/h5-8,15H,4,9-10H2,1-3H3. The van der Waals surface area contributed by atoms with Crippen molar-refractivity contribution in [2.45, 2.75) is 40.4 Å². The second-order valence-electron chi connectivity index (χ2n) is 4.47. The molecule has 18 heavy (non-hydrogen) atoms. The molecule has 0 aliphatic rings. The van der Waals surface area contributed by atoms with Gasteiger partial charge in [0, 0.05) is 25.3 Å². The van der Waals surface area contributed by atoms with E-state index in [1.54, 1.807) is 0 Å². The summed E-state index contributed by atoms with van der Waals surface area (Å²) in [7, 11) is 0. The number of nitrogens with one attached hydrogen (secondary N) is 1. The zero-order valence-electron chi connectivity index (χ0n) is 11.3. The largest absolute Gasteiger partial charge is 0.306 e. The highest BCUT2D eigenvalue weighted by Crippen LogP contribution is 2.04. The first-order valence-corrected chi connectivity index (χ1v) is 6.35. The van der Waals surface area contributed by atoms with Gasteiger partial charge in [-0.1, -0.05) is 6.07 Å². The number of pyridine rings is 1. The highest BCUT2D eigenvalue weighted by atomic mass is 15.3. The van der Waals surface area contributed by atoms with Crippen molar-refractivity contribution in [2.75, 3.05) is 0 Å². The molecule has 2 rings (SSSR count). The Morgan fingerprint density at radius 3 is 2.72 bits per heavy atom. The van der Waals surface area contributed by atoms with Crippen molar-refractivity contribution in [1.29, 1.82) is 0 Å². The molecule has 0 fully saturated rings. The van der Waals surface area contributed by atoms with Gasteiger partial charge in [0.05, 0.1) is 17.1 Å². The summed E-state index contributed by atoms with van der Waals surface area (Å²) in [6.45, 7) is 8.67. The molecular weight excluding hydrogens is 224 g/mol. The Labute approximate surface area is 108 Å². The summed E-state index contributed by atoms with van der Waals surface area (Å²) in [6, 6.07) is 8.22. The number of nitrogens with zero attached hydrogens (tertiary/aromatic N) is 3. The van der Waals surface area contributed by atoms with Crippen LogP contribution in [0.2, 0.25) is 0 Å². The van der Waals surface area contributed by atoms with E-state index < -0.39 is 0 Å². The van der Waals surface area contributed by atoms with Crippen LogP contribution in [0.1, 0.15) is 29.7 Å². The van der Waals surface area contributed by atoms with E-state index in [2.05, 4.69) is 28.4 Å². The summed E-state index contributed by atoms with van der Waals surface area (Å²) in [5.74, 6) is 0. The van der Waals surface area contributed by atoms with Gasteiger partial charge in [0.1, 0.15) is 0 Å². The fraction of sp³-hybridized carbons (Fsp3) is 0.429. The van der Waals surface area contributed by atoms with Crippen molar-refractivity contribution in [3.05, 3.63) is 47.0 Å². The summed E-state index contributed by atoms with van der Waals surface area (Å²) in [5.41, 5.74) is 4.43. The van der Waals surface area contributed by atoms with E-state index in [0.29, 0.717) is 0 Å². The third-order valence-electron chi connectivity index (χ3n) is 2.84. The smallest absolute Gasteiger partial charge is 0.0597 e. The molecule has 0 saturated heterocycles. The van der Waals surface area contributed by atoms with Crippen LogP contribution in [0.4, 0.5) is 0 Å². The summed E-state index contributed by atoms with van der Waals surface area (Å²) in [5, 5.41) is 7.84.